The number of ether oxygens (including phenoxy) is 1. The lowest BCUT2D eigenvalue weighted by Crippen LogP contribution is -2.11. The zero-order chi connectivity index (χ0) is 13.4. The van der Waals surface area contributed by atoms with Gasteiger partial charge in [-0.3, -0.25) is 0 Å². The van der Waals surface area contributed by atoms with Crippen molar-refractivity contribution in [2.24, 2.45) is 0 Å². The van der Waals surface area contributed by atoms with Crippen LogP contribution in [0.1, 0.15) is 63.2 Å². The second kappa shape index (κ2) is 8.44. The first-order valence-electron chi connectivity index (χ1n) is 6.78. The van der Waals surface area contributed by atoms with Crippen molar-refractivity contribution in [3.8, 4) is 0 Å². The van der Waals surface area contributed by atoms with Crippen molar-refractivity contribution < 1.29 is 4.74 Å². The maximum atomic E-state index is 5.91. The number of aromatic nitrogens is 2. The molecule has 1 atom stereocenters. The third-order valence-corrected chi connectivity index (χ3v) is 3.10. The van der Waals surface area contributed by atoms with Crippen LogP contribution in [-0.4, -0.2) is 16.6 Å². The highest BCUT2D eigenvalue weighted by atomic mass is 35.5. The van der Waals surface area contributed by atoms with Gasteiger partial charge in [0.15, 0.2) is 5.82 Å². The van der Waals surface area contributed by atoms with E-state index in [4.69, 9.17) is 16.3 Å². The number of halogens is 1. The van der Waals surface area contributed by atoms with Gasteiger partial charge in [-0.05, 0) is 19.8 Å². The first-order valence-corrected chi connectivity index (χ1v) is 7.32. The summed E-state index contributed by atoms with van der Waals surface area (Å²) < 4.78 is 5.72. The van der Waals surface area contributed by atoms with Crippen LogP contribution < -0.4 is 0 Å². The van der Waals surface area contributed by atoms with Crippen LogP contribution in [0.15, 0.2) is 6.20 Å². The van der Waals surface area contributed by atoms with Crippen LogP contribution in [0, 0.1) is 0 Å². The molecule has 0 N–H and O–H groups in total. The van der Waals surface area contributed by atoms with Gasteiger partial charge in [-0.15, -0.1) is 11.6 Å². The first kappa shape index (κ1) is 15.4. The van der Waals surface area contributed by atoms with Crippen LogP contribution in [-0.2, 0) is 17.0 Å². The summed E-state index contributed by atoms with van der Waals surface area (Å²) in [5, 5.41) is 0. The van der Waals surface area contributed by atoms with Gasteiger partial charge >= 0.3 is 0 Å². The van der Waals surface area contributed by atoms with Crippen molar-refractivity contribution >= 4 is 11.6 Å². The van der Waals surface area contributed by atoms with E-state index < -0.39 is 0 Å². The maximum absolute atomic E-state index is 5.91. The first-order chi connectivity index (χ1) is 8.76. The second-order valence-corrected chi connectivity index (χ2v) is 4.58. The lowest BCUT2D eigenvalue weighted by Gasteiger charge is -2.16. The van der Waals surface area contributed by atoms with Gasteiger partial charge in [0.2, 0.25) is 0 Å². The Morgan fingerprint density at radius 2 is 2.06 bits per heavy atom. The summed E-state index contributed by atoms with van der Waals surface area (Å²) in [5.41, 5.74) is 2.10. The number of hydrogen-bond donors (Lipinski definition) is 0. The van der Waals surface area contributed by atoms with Gasteiger partial charge < -0.3 is 4.74 Å². The SMILES string of the molecule is CCCc1nc(C(CCC)OCC)ncc1CCl. The van der Waals surface area contributed by atoms with Crippen LogP contribution in [0.25, 0.3) is 0 Å². The molecule has 0 aliphatic rings. The minimum atomic E-state index is 0.0139. The third-order valence-electron chi connectivity index (χ3n) is 2.81. The molecule has 102 valence electrons. The highest BCUT2D eigenvalue weighted by Gasteiger charge is 2.15. The average molecular weight is 271 g/mol. The molecule has 1 aromatic rings. The quantitative estimate of drug-likeness (QED) is 0.669. The molecule has 1 aromatic heterocycles. The summed E-state index contributed by atoms with van der Waals surface area (Å²) in [4.78, 5) is 9.06. The predicted octanol–water partition coefficient (Wildman–Crippen LogP) is 4.05. The van der Waals surface area contributed by atoms with Crippen molar-refractivity contribution in [3.05, 3.63) is 23.3 Å². The number of aryl methyl sites for hydroxylation is 1. The minimum Gasteiger partial charge on any atom is -0.371 e. The van der Waals surface area contributed by atoms with Gasteiger partial charge in [-0.25, -0.2) is 9.97 Å². The molecule has 0 saturated heterocycles. The fraction of sp³-hybridized carbons (Fsp3) is 0.714. The van der Waals surface area contributed by atoms with Crippen LogP contribution in [0.3, 0.4) is 0 Å². The molecule has 0 aliphatic carbocycles. The Kier molecular flexibility index (Phi) is 7.21. The van der Waals surface area contributed by atoms with Gasteiger partial charge in [-0.2, -0.15) is 0 Å². The van der Waals surface area contributed by atoms with E-state index in [1.165, 1.54) is 0 Å². The second-order valence-electron chi connectivity index (χ2n) is 4.32. The Morgan fingerprint density at radius 1 is 1.28 bits per heavy atom. The molecule has 3 nitrogen and oxygen atoms in total. The zero-order valence-electron chi connectivity index (χ0n) is 11.6. The van der Waals surface area contributed by atoms with Crippen molar-refractivity contribution in [3.63, 3.8) is 0 Å². The Balaban J connectivity index is 2.96. The molecule has 1 heterocycles. The van der Waals surface area contributed by atoms with Crippen LogP contribution in [0.2, 0.25) is 0 Å². The van der Waals surface area contributed by atoms with E-state index >= 15 is 0 Å². The van der Waals surface area contributed by atoms with E-state index in [1.807, 2.05) is 13.1 Å². The normalized spacial score (nSPS) is 12.7. The summed E-state index contributed by atoms with van der Waals surface area (Å²) in [6, 6.07) is 0. The van der Waals surface area contributed by atoms with Crippen LogP contribution in [0.4, 0.5) is 0 Å². The fourth-order valence-corrected chi connectivity index (χ4v) is 2.15. The van der Waals surface area contributed by atoms with Gasteiger partial charge in [0.05, 0.1) is 5.88 Å². The van der Waals surface area contributed by atoms with Crippen molar-refractivity contribution in [1.82, 2.24) is 9.97 Å². The van der Waals surface area contributed by atoms with Gasteiger partial charge in [0.25, 0.3) is 0 Å². The third kappa shape index (κ3) is 4.21. The summed E-state index contributed by atoms with van der Waals surface area (Å²) in [6.07, 6.45) is 5.89. The van der Waals surface area contributed by atoms with Gasteiger partial charge in [-0.1, -0.05) is 26.7 Å². The molecule has 0 radical (unpaired) electrons. The molecule has 0 aliphatic heterocycles. The molecule has 0 amide bonds. The van der Waals surface area contributed by atoms with Crippen LogP contribution in [0.5, 0.6) is 0 Å². The monoisotopic (exact) mass is 270 g/mol. The summed E-state index contributed by atoms with van der Waals surface area (Å²) in [7, 11) is 0. The molecule has 1 rings (SSSR count). The Labute approximate surface area is 115 Å². The van der Waals surface area contributed by atoms with E-state index in [2.05, 4.69) is 23.8 Å². The standard InChI is InChI=1S/C14H23ClN2O/c1-4-7-12-11(9-15)10-16-14(17-12)13(8-5-2)18-6-3/h10,13H,4-9H2,1-3H3. The molecular weight excluding hydrogens is 248 g/mol. The highest BCUT2D eigenvalue weighted by molar-refractivity contribution is 6.17. The molecule has 0 fully saturated rings. The van der Waals surface area contributed by atoms with Gasteiger partial charge in [0.1, 0.15) is 6.10 Å². The molecule has 0 saturated carbocycles. The predicted molar refractivity (Wildman–Crippen MR) is 74.9 cm³/mol. The summed E-state index contributed by atoms with van der Waals surface area (Å²) >= 11 is 5.91. The van der Waals surface area contributed by atoms with Gasteiger partial charge in [0, 0.05) is 24.1 Å². The van der Waals surface area contributed by atoms with E-state index in [0.717, 1.165) is 42.8 Å². The molecule has 4 heteroatoms. The Hall–Kier alpha value is -0.670. The van der Waals surface area contributed by atoms with Crippen molar-refractivity contribution in [1.29, 1.82) is 0 Å². The average Bonchev–Trinajstić information content (AvgIpc) is 2.39. The topological polar surface area (TPSA) is 35.0 Å². The zero-order valence-corrected chi connectivity index (χ0v) is 12.3. The van der Waals surface area contributed by atoms with E-state index in [-0.39, 0.29) is 6.10 Å². The van der Waals surface area contributed by atoms with Crippen molar-refractivity contribution in [2.75, 3.05) is 6.61 Å². The number of hydrogen-bond acceptors (Lipinski definition) is 3. The lowest BCUT2D eigenvalue weighted by atomic mass is 10.1. The molecule has 0 aromatic carbocycles. The maximum Gasteiger partial charge on any atom is 0.157 e. The minimum absolute atomic E-state index is 0.0139. The fourth-order valence-electron chi connectivity index (χ4n) is 1.93. The number of nitrogens with zero attached hydrogens (tertiary/aromatic N) is 2. The van der Waals surface area contributed by atoms with E-state index in [1.54, 1.807) is 0 Å². The molecular formula is C14H23ClN2O. The summed E-state index contributed by atoms with van der Waals surface area (Å²) in [5.74, 6) is 1.28. The molecule has 0 spiro atoms. The largest absolute Gasteiger partial charge is 0.371 e. The number of rotatable bonds is 8. The van der Waals surface area contributed by atoms with E-state index in [9.17, 15) is 0 Å². The molecule has 18 heavy (non-hydrogen) atoms. The Bertz CT molecular complexity index is 352. The molecule has 0 bridgehead atoms. The van der Waals surface area contributed by atoms with E-state index in [0.29, 0.717) is 12.5 Å². The highest BCUT2D eigenvalue weighted by Crippen LogP contribution is 2.21. The Morgan fingerprint density at radius 3 is 2.61 bits per heavy atom. The summed E-state index contributed by atoms with van der Waals surface area (Å²) in [6.45, 7) is 6.98. The van der Waals surface area contributed by atoms with Crippen LogP contribution >= 0.6 is 11.6 Å². The lowest BCUT2D eigenvalue weighted by molar-refractivity contribution is 0.0492. The van der Waals surface area contributed by atoms with Crippen molar-refractivity contribution in [2.45, 2.75) is 58.4 Å². The smallest absolute Gasteiger partial charge is 0.157 e. The molecule has 1 unspecified atom stereocenters. The number of alkyl halides is 1.